The number of benzene rings is 2. The molecule has 9 heteroatoms. The van der Waals surface area contributed by atoms with Gasteiger partial charge in [-0.15, -0.1) is 0 Å². The van der Waals surface area contributed by atoms with E-state index in [4.69, 9.17) is 0 Å². The lowest BCUT2D eigenvalue weighted by Gasteiger charge is -2.10. The van der Waals surface area contributed by atoms with Crippen molar-refractivity contribution in [2.75, 3.05) is 4.72 Å². The Morgan fingerprint density at radius 3 is 2.57 bits per heavy atom. The molecule has 0 unspecified atom stereocenters. The van der Waals surface area contributed by atoms with Gasteiger partial charge in [-0.05, 0) is 43.7 Å². The zero-order chi connectivity index (χ0) is 19.9. The average Bonchev–Trinajstić information content (AvgIpc) is 3.04. The molecule has 0 aliphatic carbocycles. The maximum atomic E-state index is 13.9. The minimum Gasteiger partial charge on any atom is -0.280 e. The second-order valence-electron chi connectivity index (χ2n) is 6.39. The zero-order valence-corrected chi connectivity index (χ0v) is 15.9. The van der Waals surface area contributed by atoms with Gasteiger partial charge in [0.2, 0.25) is 0 Å². The summed E-state index contributed by atoms with van der Waals surface area (Å²) in [6, 6.07) is 10.5. The van der Waals surface area contributed by atoms with Gasteiger partial charge >= 0.3 is 0 Å². The molecular weight excluding hydrogens is 381 g/mol. The van der Waals surface area contributed by atoms with E-state index in [1.165, 1.54) is 12.1 Å². The molecule has 2 heterocycles. The Hall–Kier alpha value is -3.33. The summed E-state index contributed by atoms with van der Waals surface area (Å²) in [5.74, 6) is -0.799. The van der Waals surface area contributed by atoms with Gasteiger partial charge in [-0.25, -0.2) is 22.8 Å². The Morgan fingerprint density at radius 1 is 1.07 bits per heavy atom. The van der Waals surface area contributed by atoms with E-state index < -0.39 is 15.8 Å². The summed E-state index contributed by atoms with van der Waals surface area (Å²) in [4.78, 5) is 8.41. The molecule has 142 valence electrons. The number of anilines is 1. The van der Waals surface area contributed by atoms with Crippen LogP contribution in [0, 0.1) is 19.7 Å². The van der Waals surface area contributed by atoms with Gasteiger partial charge in [0.25, 0.3) is 10.0 Å². The Bertz CT molecular complexity index is 1280. The molecule has 0 spiro atoms. The number of aromatic nitrogens is 4. The highest BCUT2D eigenvalue weighted by Crippen LogP contribution is 2.24. The number of aryl methyl sites for hydroxylation is 2. The minimum atomic E-state index is -4.04. The minimum absolute atomic E-state index is 0.314. The highest BCUT2D eigenvalue weighted by atomic mass is 32.2. The molecular formula is C19H16FN5O2S. The molecule has 0 fully saturated rings. The molecule has 2 aromatic heterocycles. The van der Waals surface area contributed by atoms with Crippen molar-refractivity contribution in [2.24, 2.45) is 0 Å². The number of H-pyrrole nitrogens is 1. The van der Waals surface area contributed by atoms with Crippen molar-refractivity contribution in [3.8, 4) is 11.3 Å². The fourth-order valence-electron chi connectivity index (χ4n) is 2.79. The lowest BCUT2D eigenvalue weighted by molar-refractivity contribution is 0.570. The molecule has 0 atom stereocenters. The second-order valence-corrected chi connectivity index (χ2v) is 8.04. The highest BCUT2D eigenvalue weighted by molar-refractivity contribution is 7.92. The summed E-state index contributed by atoms with van der Waals surface area (Å²) in [5.41, 5.74) is 4.37. The fourth-order valence-corrected chi connectivity index (χ4v) is 4.01. The highest BCUT2D eigenvalue weighted by Gasteiger charge is 2.19. The van der Waals surface area contributed by atoms with Gasteiger partial charge in [0.05, 0.1) is 17.6 Å². The Kier molecular flexibility index (Phi) is 4.31. The predicted molar refractivity (Wildman–Crippen MR) is 104 cm³/mol. The first kappa shape index (κ1) is 18.1. The van der Waals surface area contributed by atoms with Crippen LogP contribution in [-0.2, 0) is 10.0 Å². The molecule has 4 rings (SSSR count). The first-order valence-corrected chi connectivity index (χ1v) is 9.89. The number of sulfonamides is 1. The van der Waals surface area contributed by atoms with Crippen LogP contribution >= 0.6 is 0 Å². The van der Waals surface area contributed by atoms with Gasteiger partial charge in [0.1, 0.15) is 16.2 Å². The van der Waals surface area contributed by atoms with Gasteiger partial charge in [0, 0.05) is 11.3 Å². The summed E-state index contributed by atoms with van der Waals surface area (Å²) in [5, 5.41) is 6.93. The van der Waals surface area contributed by atoms with Crippen LogP contribution in [0.15, 0.2) is 53.6 Å². The van der Waals surface area contributed by atoms with Gasteiger partial charge in [0.15, 0.2) is 5.65 Å². The number of hydrogen-bond acceptors (Lipinski definition) is 5. The van der Waals surface area contributed by atoms with Crippen molar-refractivity contribution >= 4 is 26.9 Å². The topological polar surface area (TPSA) is 101 Å². The normalized spacial score (nSPS) is 11.7. The molecule has 0 amide bonds. The van der Waals surface area contributed by atoms with Gasteiger partial charge in [-0.3, -0.25) is 9.82 Å². The number of nitrogens with one attached hydrogen (secondary N) is 2. The van der Waals surface area contributed by atoms with E-state index in [9.17, 15) is 12.8 Å². The van der Waals surface area contributed by atoms with Crippen LogP contribution < -0.4 is 4.72 Å². The third-order valence-electron chi connectivity index (χ3n) is 4.25. The maximum absolute atomic E-state index is 13.9. The number of nitrogens with zero attached hydrogens (tertiary/aromatic N) is 3. The van der Waals surface area contributed by atoms with Crippen LogP contribution in [0.3, 0.4) is 0 Å². The van der Waals surface area contributed by atoms with Crippen LogP contribution in [0.2, 0.25) is 0 Å². The fraction of sp³-hybridized carbons (Fsp3) is 0.105. The molecule has 0 aliphatic rings. The molecule has 0 saturated heterocycles. The largest absolute Gasteiger partial charge is 0.280 e. The number of hydrogen-bond donors (Lipinski definition) is 2. The van der Waals surface area contributed by atoms with Crippen molar-refractivity contribution in [3.05, 3.63) is 65.7 Å². The van der Waals surface area contributed by atoms with Crippen molar-refractivity contribution in [1.29, 1.82) is 0 Å². The van der Waals surface area contributed by atoms with Crippen molar-refractivity contribution in [3.63, 3.8) is 0 Å². The van der Waals surface area contributed by atoms with Gasteiger partial charge in [-0.1, -0.05) is 18.2 Å². The number of rotatable bonds is 4. The molecule has 2 aromatic carbocycles. The Morgan fingerprint density at radius 2 is 1.82 bits per heavy atom. The predicted octanol–water partition coefficient (Wildman–Crippen LogP) is 3.58. The summed E-state index contributed by atoms with van der Waals surface area (Å²) >= 11 is 0. The SMILES string of the molecule is Cc1ccc(F)c(S(=O)(=O)Nc2ccc(-c3cnc4c(C)[nH]nc4n3)cc2)c1. The summed E-state index contributed by atoms with van der Waals surface area (Å²) < 4.78 is 41.3. The number of halogens is 1. The smallest absolute Gasteiger partial charge is 0.264 e. The average molecular weight is 397 g/mol. The molecule has 0 bridgehead atoms. The third-order valence-corrected chi connectivity index (χ3v) is 5.64. The third kappa shape index (κ3) is 3.31. The zero-order valence-electron chi connectivity index (χ0n) is 15.1. The molecule has 4 aromatic rings. The van der Waals surface area contributed by atoms with E-state index in [-0.39, 0.29) is 4.90 Å². The first-order valence-electron chi connectivity index (χ1n) is 8.40. The van der Waals surface area contributed by atoms with E-state index >= 15 is 0 Å². The van der Waals surface area contributed by atoms with E-state index in [1.807, 2.05) is 6.92 Å². The summed E-state index contributed by atoms with van der Waals surface area (Å²) in [7, 11) is -4.04. The van der Waals surface area contributed by atoms with Crippen LogP contribution in [0.25, 0.3) is 22.4 Å². The van der Waals surface area contributed by atoms with Crippen LogP contribution in [0.4, 0.5) is 10.1 Å². The monoisotopic (exact) mass is 397 g/mol. The van der Waals surface area contributed by atoms with Crippen molar-refractivity contribution in [2.45, 2.75) is 18.7 Å². The number of fused-ring (bicyclic) bond motifs is 1. The summed E-state index contributed by atoms with van der Waals surface area (Å²) in [6.45, 7) is 3.56. The molecule has 7 nitrogen and oxygen atoms in total. The quantitative estimate of drug-likeness (QED) is 0.548. The van der Waals surface area contributed by atoms with E-state index in [0.717, 1.165) is 17.3 Å². The molecule has 28 heavy (non-hydrogen) atoms. The van der Waals surface area contributed by atoms with Crippen molar-refractivity contribution < 1.29 is 12.8 Å². The maximum Gasteiger partial charge on any atom is 0.264 e. The Balaban J connectivity index is 1.61. The molecule has 0 saturated carbocycles. The summed E-state index contributed by atoms with van der Waals surface area (Å²) in [6.07, 6.45) is 1.63. The lowest BCUT2D eigenvalue weighted by atomic mass is 10.1. The standard InChI is InChI=1S/C19H16FN5O2S/c1-11-3-8-15(20)17(9-11)28(26,27)25-14-6-4-13(5-7-14)16-10-21-18-12(2)23-24-19(18)22-16/h3-10,25H,1-2H3,(H,22,23,24). The van der Waals surface area contributed by atoms with Crippen LogP contribution in [0.1, 0.15) is 11.3 Å². The van der Waals surface area contributed by atoms with E-state index in [2.05, 4.69) is 24.9 Å². The van der Waals surface area contributed by atoms with E-state index in [1.54, 1.807) is 37.4 Å². The molecule has 2 N–H and O–H groups in total. The van der Waals surface area contributed by atoms with Gasteiger partial charge in [-0.2, -0.15) is 5.10 Å². The number of aromatic amines is 1. The second kappa shape index (κ2) is 6.68. The van der Waals surface area contributed by atoms with Crippen molar-refractivity contribution in [1.82, 2.24) is 20.2 Å². The molecule has 0 aliphatic heterocycles. The first-order chi connectivity index (χ1) is 13.3. The van der Waals surface area contributed by atoms with Gasteiger partial charge < -0.3 is 0 Å². The molecule has 0 radical (unpaired) electrons. The lowest BCUT2D eigenvalue weighted by Crippen LogP contribution is -2.14. The van der Waals surface area contributed by atoms with Crippen LogP contribution in [0.5, 0.6) is 0 Å². The van der Waals surface area contributed by atoms with E-state index in [0.29, 0.717) is 28.1 Å². The Labute approximate surface area is 160 Å². The van der Waals surface area contributed by atoms with Crippen LogP contribution in [-0.4, -0.2) is 28.6 Å².